The maximum absolute atomic E-state index is 10.9. The van der Waals surface area contributed by atoms with E-state index in [0.717, 1.165) is 16.9 Å². The third kappa shape index (κ3) is 4.39. The van der Waals surface area contributed by atoms with E-state index in [1.54, 1.807) is 7.11 Å². The van der Waals surface area contributed by atoms with Crippen LogP contribution in [-0.2, 0) is 11.3 Å². The van der Waals surface area contributed by atoms with E-state index >= 15 is 0 Å². The highest BCUT2D eigenvalue weighted by molar-refractivity contribution is 6.32. The summed E-state index contributed by atoms with van der Waals surface area (Å²) in [4.78, 5) is 10.9. The van der Waals surface area contributed by atoms with E-state index in [9.17, 15) is 4.79 Å². The van der Waals surface area contributed by atoms with E-state index in [-0.39, 0.29) is 5.91 Å². The molecule has 4 nitrogen and oxygen atoms in total. The second-order valence-corrected chi connectivity index (χ2v) is 4.99. The lowest BCUT2D eigenvalue weighted by Crippen LogP contribution is -2.06. The van der Waals surface area contributed by atoms with Crippen LogP contribution in [0.1, 0.15) is 12.5 Å². The first kappa shape index (κ1) is 15.2. The maximum atomic E-state index is 10.9. The van der Waals surface area contributed by atoms with Crippen molar-refractivity contribution in [2.45, 2.75) is 13.5 Å². The van der Waals surface area contributed by atoms with Gasteiger partial charge in [-0.15, -0.1) is 0 Å². The number of anilines is 2. The minimum Gasteiger partial charge on any atom is -0.495 e. The van der Waals surface area contributed by atoms with Crippen molar-refractivity contribution in [2.75, 3.05) is 17.7 Å². The molecule has 1 amide bonds. The molecule has 0 fully saturated rings. The van der Waals surface area contributed by atoms with Gasteiger partial charge in [0, 0.05) is 24.8 Å². The van der Waals surface area contributed by atoms with Gasteiger partial charge in [-0.25, -0.2) is 0 Å². The zero-order chi connectivity index (χ0) is 15.2. The molecule has 2 rings (SSSR count). The fourth-order valence-electron chi connectivity index (χ4n) is 1.89. The molecule has 0 bridgehead atoms. The van der Waals surface area contributed by atoms with Gasteiger partial charge in [0.15, 0.2) is 0 Å². The molecule has 2 N–H and O–H groups in total. The summed E-state index contributed by atoms with van der Waals surface area (Å²) in [5.41, 5.74) is 2.82. The Morgan fingerprint density at radius 3 is 2.38 bits per heavy atom. The molecule has 21 heavy (non-hydrogen) atoms. The van der Waals surface area contributed by atoms with Crippen molar-refractivity contribution in [3.63, 3.8) is 0 Å². The molecule has 2 aromatic carbocycles. The standard InChI is InChI=1S/C16H17ClN2O2/c1-11(20)19-13-5-3-12(4-6-13)10-18-14-7-8-16(21-2)15(17)9-14/h3-9,18H,10H2,1-2H3,(H,19,20). The quantitative estimate of drug-likeness (QED) is 0.880. The molecule has 0 atom stereocenters. The van der Waals surface area contributed by atoms with E-state index in [4.69, 9.17) is 16.3 Å². The minimum absolute atomic E-state index is 0.0752. The maximum Gasteiger partial charge on any atom is 0.221 e. The second-order valence-electron chi connectivity index (χ2n) is 4.58. The second kappa shape index (κ2) is 6.99. The molecule has 0 saturated heterocycles. The van der Waals surface area contributed by atoms with Crippen LogP contribution >= 0.6 is 11.6 Å². The van der Waals surface area contributed by atoms with Gasteiger partial charge < -0.3 is 15.4 Å². The Balaban J connectivity index is 1.96. The monoisotopic (exact) mass is 304 g/mol. The van der Waals surface area contributed by atoms with Crippen molar-refractivity contribution in [2.24, 2.45) is 0 Å². The third-order valence-electron chi connectivity index (χ3n) is 2.92. The summed E-state index contributed by atoms with van der Waals surface area (Å²) >= 11 is 6.08. The van der Waals surface area contributed by atoms with Crippen molar-refractivity contribution in [1.82, 2.24) is 0 Å². The summed E-state index contributed by atoms with van der Waals surface area (Å²) in [5, 5.41) is 6.59. The Labute approximate surface area is 129 Å². The lowest BCUT2D eigenvalue weighted by Gasteiger charge is -2.10. The lowest BCUT2D eigenvalue weighted by atomic mass is 10.2. The number of carbonyl (C=O) groups excluding carboxylic acids is 1. The van der Waals surface area contributed by atoms with Gasteiger partial charge >= 0.3 is 0 Å². The molecule has 0 unspecified atom stereocenters. The lowest BCUT2D eigenvalue weighted by molar-refractivity contribution is -0.114. The van der Waals surface area contributed by atoms with Crippen LogP contribution in [0.5, 0.6) is 5.75 Å². The van der Waals surface area contributed by atoms with E-state index < -0.39 is 0 Å². The van der Waals surface area contributed by atoms with Crippen molar-refractivity contribution < 1.29 is 9.53 Å². The molecule has 2 aromatic rings. The number of hydrogen-bond donors (Lipinski definition) is 2. The van der Waals surface area contributed by atoms with Gasteiger partial charge in [-0.2, -0.15) is 0 Å². The van der Waals surface area contributed by atoms with Gasteiger partial charge in [-0.05, 0) is 35.9 Å². The average molecular weight is 305 g/mol. The first-order valence-electron chi connectivity index (χ1n) is 6.52. The van der Waals surface area contributed by atoms with Crippen LogP contribution in [0.3, 0.4) is 0 Å². The van der Waals surface area contributed by atoms with Gasteiger partial charge in [0.1, 0.15) is 5.75 Å². The van der Waals surface area contributed by atoms with E-state index in [1.807, 2.05) is 42.5 Å². The van der Waals surface area contributed by atoms with Crippen molar-refractivity contribution in [1.29, 1.82) is 0 Å². The Kier molecular flexibility index (Phi) is 5.06. The van der Waals surface area contributed by atoms with Gasteiger partial charge in [-0.1, -0.05) is 23.7 Å². The highest BCUT2D eigenvalue weighted by Gasteiger charge is 2.02. The van der Waals surface area contributed by atoms with Gasteiger partial charge in [-0.3, -0.25) is 4.79 Å². The topological polar surface area (TPSA) is 50.4 Å². The number of benzene rings is 2. The Morgan fingerprint density at radius 2 is 1.81 bits per heavy atom. The summed E-state index contributed by atoms with van der Waals surface area (Å²) in [7, 11) is 1.59. The molecule has 0 heterocycles. The number of carbonyl (C=O) groups is 1. The summed E-state index contributed by atoms with van der Waals surface area (Å²) in [6.07, 6.45) is 0. The van der Waals surface area contributed by atoms with Gasteiger partial charge in [0.2, 0.25) is 5.91 Å². The highest BCUT2D eigenvalue weighted by Crippen LogP contribution is 2.27. The molecular formula is C16H17ClN2O2. The summed E-state index contributed by atoms with van der Waals surface area (Å²) in [6, 6.07) is 13.2. The molecule has 5 heteroatoms. The average Bonchev–Trinajstić information content (AvgIpc) is 2.46. The zero-order valence-electron chi connectivity index (χ0n) is 11.9. The molecule has 0 aliphatic carbocycles. The van der Waals surface area contributed by atoms with E-state index in [1.165, 1.54) is 6.92 Å². The minimum atomic E-state index is -0.0752. The molecule has 0 saturated carbocycles. The molecule has 0 radical (unpaired) electrons. The van der Waals surface area contributed by atoms with Gasteiger partial charge in [0.25, 0.3) is 0 Å². The Hall–Kier alpha value is -2.20. The molecule has 110 valence electrons. The predicted octanol–water partition coefficient (Wildman–Crippen LogP) is 3.92. The molecule has 0 spiro atoms. The fraction of sp³-hybridized carbons (Fsp3) is 0.188. The summed E-state index contributed by atoms with van der Waals surface area (Å²) in [5.74, 6) is 0.579. The van der Waals surface area contributed by atoms with Crippen molar-refractivity contribution in [3.05, 3.63) is 53.1 Å². The first-order valence-corrected chi connectivity index (χ1v) is 6.90. The summed E-state index contributed by atoms with van der Waals surface area (Å²) < 4.78 is 5.11. The number of nitrogens with one attached hydrogen (secondary N) is 2. The van der Waals surface area contributed by atoms with Crippen LogP contribution in [0.15, 0.2) is 42.5 Å². The van der Waals surface area contributed by atoms with Crippen LogP contribution < -0.4 is 15.4 Å². The number of ether oxygens (including phenoxy) is 1. The molecular weight excluding hydrogens is 288 g/mol. The van der Waals surface area contributed by atoms with Crippen LogP contribution in [0.4, 0.5) is 11.4 Å². The van der Waals surface area contributed by atoms with Crippen molar-refractivity contribution >= 4 is 28.9 Å². The van der Waals surface area contributed by atoms with E-state index in [2.05, 4.69) is 10.6 Å². The van der Waals surface area contributed by atoms with Crippen molar-refractivity contribution in [3.8, 4) is 5.75 Å². The Morgan fingerprint density at radius 1 is 1.14 bits per heavy atom. The largest absolute Gasteiger partial charge is 0.495 e. The number of hydrogen-bond acceptors (Lipinski definition) is 3. The SMILES string of the molecule is COc1ccc(NCc2ccc(NC(C)=O)cc2)cc1Cl. The summed E-state index contributed by atoms with van der Waals surface area (Å²) in [6.45, 7) is 2.16. The highest BCUT2D eigenvalue weighted by atomic mass is 35.5. The van der Waals surface area contributed by atoms with Crippen LogP contribution in [0.2, 0.25) is 5.02 Å². The molecule has 0 aromatic heterocycles. The number of rotatable bonds is 5. The number of halogens is 1. The van der Waals surface area contributed by atoms with E-state index in [0.29, 0.717) is 17.3 Å². The van der Waals surface area contributed by atoms with Crippen LogP contribution in [0, 0.1) is 0 Å². The molecule has 0 aliphatic rings. The smallest absolute Gasteiger partial charge is 0.221 e. The van der Waals surface area contributed by atoms with Gasteiger partial charge in [0.05, 0.1) is 12.1 Å². The Bertz CT molecular complexity index is 627. The number of amides is 1. The first-order chi connectivity index (χ1) is 10.1. The number of methoxy groups -OCH3 is 1. The normalized spacial score (nSPS) is 10.0. The van der Waals surface area contributed by atoms with Crippen LogP contribution in [-0.4, -0.2) is 13.0 Å². The zero-order valence-corrected chi connectivity index (χ0v) is 12.7. The fourth-order valence-corrected chi connectivity index (χ4v) is 2.15. The molecule has 0 aliphatic heterocycles. The predicted molar refractivity (Wildman–Crippen MR) is 86.1 cm³/mol. The van der Waals surface area contributed by atoms with Crippen LogP contribution in [0.25, 0.3) is 0 Å². The third-order valence-corrected chi connectivity index (χ3v) is 3.22.